The normalized spacial score (nSPS) is 15.8. The second-order valence-electron chi connectivity index (χ2n) is 8.59. The number of anilines is 3. The monoisotopic (exact) mass is 445 g/mol. The van der Waals surface area contributed by atoms with E-state index in [1.807, 2.05) is 42.6 Å². The summed E-state index contributed by atoms with van der Waals surface area (Å²) in [5, 5.41) is 9.73. The van der Waals surface area contributed by atoms with Crippen LogP contribution in [0.1, 0.15) is 25.3 Å². The zero-order chi connectivity index (χ0) is 22.9. The lowest BCUT2D eigenvalue weighted by Crippen LogP contribution is -2.32. The van der Waals surface area contributed by atoms with Crippen molar-refractivity contribution < 1.29 is 14.3 Å². The fourth-order valence-corrected chi connectivity index (χ4v) is 4.42. The van der Waals surface area contributed by atoms with Gasteiger partial charge in [-0.25, -0.2) is 4.79 Å². The lowest BCUT2D eigenvalue weighted by Gasteiger charge is -2.24. The Labute approximate surface area is 192 Å². The predicted octanol–water partition coefficient (Wildman–Crippen LogP) is 4.44. The van der Waals surface area contributed by atoms with Crippen molar-refractivity contribution in [1.29, 1.82) is 0 Å². The van der Waals surface area contributed by atoms with Crippen LogP contribution < -0.4 is 19.9 Å². The van der Waals surface area contributed by atoms with Crippen LogP contribution in [0.5, 0.6) is 5.75 Å². The average molecular weight is 446 g/mol. The van der Waals surface area contributed by atoms with E-state index in [2.05, 4.69) is 15.5 Å². The van der Waals surface area contributed by atoms with Crippen molar-refractivity contribution in [2.24, 2.45) is 5.92 Å². The molecule has 2 aliphatic rings. The third kappa shape index (κ3) is 4.16. The molecule has 1 aliphatic heterocycles. The van der Waals surface area contributed by atoms with E-state index in [0.29, 0.717) is 24.8 Å². The summed E-state index contributed by atoms with van der Waals surface area (Å²) in [5.74, 6) is 1.14. The second-order valence-corrected chi connectivity index (χ2v) is 8.59. The molecule has 1 aromatic heterocycles. The molecule has 3 aromatic rings. The molecule has 8 nitrogen and oxygen atoms in total. The topological polar surface area (TPSA) is 90.6 Å². The number of rotatable bonds is 7. The highest BCUT2D eigenvalue weighted by molar-refractivity contribution is 6.07. The number of hydrogen-bond donors (Lipinski definition) is 2. The van der Waals surface area contributed by atoms with Crippen molar-refractivity contribution in [2.75, 3.05) is 35.3 Å². The van der Waals surface area contributed by atoms with Crippen LogP contribution in [0.15, 0.2) is 48.8 Å². The van der Waals surface area contributed by atoms with Gasteiger partial charge in [0.25, 0.3) is 0 Å². The van der Waals surface area contributed by atoms with E-state index in [4.69, 9.17) is 4.74 Å². The standard InChI is InChI=1S/C25H27N5O3/c1-16(31)28-22-9-10-23(24(33-2)21(22)13-17-3-4-17)30-12-11-29(25(30)32)20-7-5-18(6-8-20)19-14-26-27-15-19/h5-10,14-15,17H,3-4,11-13H2,1-2H3,(H,26,27)(H,28,31). The molecule has 170 valence electrons. The van der Waals surface area contributed by atoms with Crippen LogP contribution in [0.25, 0.3) is 11.1 Å². The first kappa shape index (κ1) is 21.1. The number of carbonyl (C=O) groups is 2. The number of H-pyrrole nitrogens is 1. The first-order chi connectivity index (χ1) is 16.0. The highest BCUT2D eigenvalue weighted by Crippen LogP contribution is 2.43. The number of ether oxygens (including phenoxy) is 1. The second kappa shape index (κ2) is 8.61. The summed E-state index contributed by atoms with van der Waals surface area (Å²) < 4.78 is 5.81. The van der Waals surface area contributed by atoms with E-state index < -0.39 is 0 Å². The summed E-state index contributed by atoms with van der Waals surface area (Å²) in [7, 11) is 1.62. The molecule has 5 rings (SSSR count). The molecule has 2 aromatic carbocycles. The van der Waals surface area contributed by atoms with E-state index in [0.717, 1.165) is 40.2 Å². The van der Waals surface area contributed by atoms with Gasteiger partial charge in [-0.1, -0.05) is 12.1 Å². The maximum absolute atomic E-state index is 13.4. The summed E-state index contributed by atoms with van der Waals surface area (Å²) in [6.07, 6.45) is 6.80. The Bertz CT molecular complexity index is 1170. The Kier molecular flexibility index (Phi) is 5.50. The van der Waals surface area contributed by atoms with Crippen LogP contribution in [0.4, 0.5) is 21.9 Å². The number of urea groups is 1. The van der Waals surface area contributed by atoms with E-state index in [1.165, 1.54) is 19.8 Å². The van der Waals surface area contributed by atoms with Crippen molar-refractivity contribution in [3.05, 3.63) is 54.4 Å². The molecule has 0 unspecified atom stereocenters. The van der Waals surface area contributed by atoms with E-state index in [-0.39, 0.29) is 11.9 Å². The van der Waals surface area contributed by atoms with Crippen molar-refractivity contribution >= 4 is 29.0 Å². The van der Waals surface area contributed by atoms with Gasteiger partial charge in [0.15, 0.2) is 0 Å². The first-order valence-corrected chi connectivity index (χ1v) is 11.2. The molecule has 33 heavy (non-hydrogen) atoms. The summed E-state index contributed by atoms with van der Waals surface area (Å²) in [4.78, 5) is 28.7. The van der Waals surface area contributed by atoms with Crippen molar-refractivity contribution in [2.45, 2.75) is 26.2 Å². The van der Waals surface area contributed by atoms with Crippen LogP contribution in [-0.2, 0) is 11.2 Å². The number of nitrogens with one attached hydrogen (secondary N) is 2. The smallest absolute Gasteiger partial charge is 0.329 e. The average Bonchev–Trinajstić information content (AvgIpc) is 3.30. The van der Waals surface area contributed by atoms with Crippen molar-refractivity contribution in [1.82, 2.24) is 10.2 Å². The molecule has 3 amide bonds. The van der Waals surface area contributed by atoms with Gasteiger partial charge in [0, 0.05) is 48.7 Å². The minimum atomic E-state index is -0.121. The third-order valence-corrected chi connectivity index (χ3v) is 6.25. The van der Waals surface area contributed by atoms with Crippen LogP contribution >= 0.6 is 0 Å². The van der Waals surface area contributed by atoms with E-state index in [9.17, 15) is 9.59 Å². The molecule has 2 heterocycles. The number of aromatic amines is 1. The Morgan fingerprint density at radius 1 is 1.12 bits per heavy atom. The number of amides is 3. The van der Waals surface area contributed by atoms with Crippen LogP contribution in [-0.4, -0.2) is 42.3 Å². The molecular weight excluding hydrogens is 418 g/mol. The van der Waals surface area contributed by atoms with Crippen LogP contribution in [0, 0.1) is 5.92 Å². The zero-order valence-electron chi connectivity index (χ0n) is 18.8. The molecule has 1 saturated heterocycles. The summed E-state index contributed by atoms with van der Waals surface area (Å²) in [5.41, 5.74) is 5.35. The number of methoxy groups -OCH3 is 1. The van der Waals surface area contributed by atoms with Gasteiger partial charge >= 0.3 is 6.03 Å². The SMILES string of the molecule is COc1c(N2CCN(c3ccc(-c4cn[nH]c4)cc3)C2=O)ccc(NC(C)=O)c1CC1CC1. The van der Waals surface area contributed by atoms with Gasteiger partial charge in [-0.2, -0.15) is 5.10 Å². The fraction of sp³-hybridized carbons (Fsp3) is 0.320. The summed E-state index contributed by atoms with van der Waals surface area (Å²) in [6.45, 7) is 2.64. The van der Waals surface area contributed by atoms with Crippen LogP contribution in [0.3, 0.4) is 0 Å². The summed E-state index contributed by atoms with van der Waals surface area (Å²) >= 11 is 0. The fourth-order valence-electron chi connectivity index (χ4n) is 4.42. The maximum Gasteiger partial charge on any atom is 0.329 e. The van der Waals surface area contributed by atoms with Crippen LogP contribution in [0.2, 0.25) is 0 Å². The highest BCUT2D eigenvalue weighted by Gasteiger charge is 2.34. The van der Waals surface area contributed by atoms with Gasteiger partial charge in [0.2, 0.25) is 5.91 Å². The Morgan fingerprint density at radius 3 is 2.52 bits per heavy atom. The molecular formula is C25H27N5O3. The van der Waals surface area contributed by atoms with Gasteiger partial charge in [0.1, 0.15) is 5.75 Å². The minimum absolute atomic E-state index is 0.0889. The molecule has 8 heteroatoms. The lowest BCUT2D eigenvalue weighted by atomic mass is 10.0. The van der Waals surface area contributed by atoms with Gasteiger partial charge in [0.05, 0.1) is 19.0 Å². The van der Waals surface area contributed by atoms with Crippen molar-refractivity contribution in [3.8, 4) is 16.9 Å². The molecule has 0 spiro atoms. The van der Waals surface area contributed by atoms with Crippen molar-refractivity contribution in [3.63, 3.8) is 0 Å². The van der Waals surface area contributed by atoms with E-state index >= 15 is 0 Å². The molecule has 1 aliphatic carbocycles. The molecule has 0 bridgehead atoms. The van der Waals surface area contributed by atoms with E-state index in [1.54, 1.807) is 23.1 Å². The van der Waals surface area contributed by atoms with Gasteiger partial charge in [-0.05, 0) is 55.0 Å². The Morgan fingerprint density at radius 2 is 1.88 bits per heavy atom. The Hall–Kier alpha value is -3.81. The number of aromatic nitrogens is 2. The lowest BCUT2D eigenvalue weighted by molar-refractivity contribution is -0.114. The highest BCUT2D eigenvalue weighted by atomic mass is 16.5. The number of carbonyl (C=O) groups excluding carboxylic acids is 2. The largest absolute Gasteiger partial charge is 0.494 e. The predicted molar refractivity (Wildman–Crippen MR) is 128 cm³/mol. The molecule has 0 atom stereocenters. The third-order valence-electron chi connectivity index (χ3n) is 6.25. The Balaban J connectivity index is 1.42. The number of benzene rings is 2. The number of nitrogens with zero attached hydrogens (tertiary/aromatic N) is 3. The molecule has 1 saturated carbocycles. The zero-order valence-corrected chi connectivity index (χ0v) is 18.8. The quantitative estimate of drug-likeness (QED) is 0.562. The minimum Gasteiger partial charge on any atom is -0.494 e. The molecule has 2 N–H and O–H groups in total. The summed E-state index contributed by atoms with van der Waals surface area (Å²) in [6, 6.07) is 11.6. The number of hydrogen-bond acceptors (Lipinski definition) is 4. The molecule has 0 radical (unpaired) electrons. The molecule has 2 fully saturated rings. The van der Waals surface area contributed by atoms with Gasteiger partial charge < -0.3 is 10.1 Å². The first-order valence-electron chi connectivity index (χ1n) is 11.2. The van der Waals surface area contributed by atoms with Gasteiger partial charge in [-0.3, -0.25) is 19.7 Å². The maximum atomic E-state index is 13.4. The van der Waals surface area contributed by atoms with Gasteiger partial charge in [-0.15, -0.1) is 0 Å².